The molecular formula is C18H25N3O4S. The van der Waals surface area contributed by atoms with Crippen molar-refractivity contribution in [1.82, 2.24) is 14.7 Å². The van der Waals surface area contributed by atoms with Crippen molar-refractivity contribution >= 4 is 29.1 Å². The Morgan fingerprint density at radius 3 is 2.27 bits per heavy atom. The van der Waals surface area contributed by atoms with Gasteiger partial charge in [0, 0.05) is 46.2 Å². The van der Waals surface area contributed by atoms with Crippen LogP contribution in [-0.4, -0.2) is 83.4 Å². The third-order valence-electron chi connectivity index (χ3n) is 5.37. The monoisotopic (exact) mass is 379 g/mol. The van der Waals surface area contributed by atoms with Crippen LogP contribution in [0.25, 0.3) is 0 Å². The molecule has 0 aromatic carbocycles. The Balaban J connectivity index is 1.72. The topological polar surface area (TPSA) is 81.2 Å². The number of thiophene rings is 1. The summed E-state index contributed by atoms with van der Waals surface area (Å²) in [5.41, 5.74) is -0.820. The lowest BCUT2D eigenvalue weighted by Gasteiger charge is -2.50. The molecule has 8 heteroatoms. The van der Waals surface area contributed by atoms with E-state index in [0.29, 0.717) is 48.8 Å². The number of fused-ring (bicyclic) bond motifs is 1. The number of Topliss-reactive ketones (excluding diaryl/α,β-unsaturated/α-hetero) is 1. The van der Waals surface area contributed by atoms with Gasteiger partial charge in [0.05, 0.1) is 15.4 Å². The predicted molar refractivity (Wildman–Crippen MR) is 98.6 cm³/mol. The minimum absolute atomic E-state index is 0.0489. The van der Waals surface area contributed by atoms with Gasteiger partial charge in [-0.25, -0.2) is 4.79 Å². The van der Waals surface area contributed by atoms with Crippen molar-refractivity contribution in [2.24, 2.45) is 5.92 Å². The highest BCUT2D eigenvalue weighted by atomic mass is 32.1. The molecule has 2 atom stereocenters. The van der Waals surface area contributed by atoms with Crippen molar-refractivity contribution in [2.75, 3.05) is 40.3 Å². The molecule has 0 radical (unpaired) electrons. The third-order valence-corrected chi connectivity index (χ3v) is 6.55. The van der Waals surface area contributed by atoms with E-state index in [2.05, 4.69) is 0 Å². The van der Waals surface area contributed by atoms with Crippen molar-refractivity contribution in [3.63, 3.8) is 0 Å². The Labute approximate surface area is 157 Å². The zero-order valence-electron chi connectivity index (χ0n) is 15.4. The van der Waals surface area contributed by atoms with Gasteiger partial charge in [-0.15, -0.1) is 11.3 Å². The normalized spacial score (nSPS) is 25.6. The van der Waals surface area contributed by atoms with Gasteiger partial charge >= 0.3 is 6.03 Å². The lowest BCUT2D eigenvalue weighted by molar-refractivity contribution is -0.100. The second kappa shape index (κ2) is 7.00. The molecule has 0 aliphatic carbocycles. The molecule has 1 aromatic rings. The number of aliphatic hydroxyl groups is 1. The molecule has 1 aromatic heterocycles. The number of carbonyl (C=O) groups excluding carboxylic acids is 3. The van der Waals surface area contributed by atoms with Gasteiger partial charge in [0.15, 0.2) is 5.78 Å². The molecule has 0 spiro atoms. The third kappa shape index (κ3) is 3.48. The van der Waals surface area contributed by atoms with Gasteiger partial charge in [0.25, 0.3) is 5.91 Å². The fourth-order valence-electron chi connectivity index (χ4n) is 3.74. The van der Waals surface area contributed by atoms with Crippen LogP contribution in [0.5, 0.6) is 0 Å². The maximum atomic E-state index is 12.8. The molecule has 2 saturated heterocycles. The number of rotatable bonds is 2. The molecule has 0 unspecified atom stereocenters. The number of amides is 3. The Kier molecular flexibility index (Phi) is 5.07. The molecule has 0 saturated carbocycles. The largest absolute Gasteiger partial charge is 0.389 e. The van der Waals surface area contributed by atoms with Gasteiger partial charge in [0.1, 0.15) is 0 Å². The smallest absolute Gasteiger partial charge is 0.319 e. The van der Waals surface area contributed by atoms with Gasteiger partial charge in [-0.1, -0.05) is 0 Å². The van der Waals surface area contributed by atoms with Gasteiger partial charge in [0.2, 0.25) is 0 Å². The molecule has 2 fully saturated rings. The number of likely N-dealkylation sites (tertiary alicyclic amines) is 2. The number of nitrogens with zero attached hydrogens (tertiary/aromatic N) is 3. The van der Waals surface area contributed by atoms with Crippen LogP contribution < -0.4 is 0 Å². The van der Waals surface area contributed by atoms with E-state index >= 15 is 0 Å². The summed E-state index contributed by atoms with van der Waals surface area (Å²) in [6.45, 7) is 3.37. The Bertz CT molecular complexity index is 732. The van der Waals surface area contributed by atoms with Gasteiger partial charge < -0.3 is 19.8 Å². The standard InChI is InChI=1S/C18H25N3O4S/c1-12(22)14-4-5-15(26-14)16(23)20-8-6-18(25)7-9-21(11-13(18)10-20)17(24)19(2)3/h4-5,13,25H,6-11H2,1-3H3/t13-,18-/m1/s1. The molecule has 3 amide bonds. The first kappa shape index (κ1) is 18.8. The summed E-state index contributed by atoms with van der Waals surface area (Å²) in [5.74, 6) is -0.321. The van der Waals surface area contributed by atoms with E-state index in [1.165, 1.54) is 23.2 Å². The van der Waals surface area contributed by atoms with Crippen molar-refractivity contribution in [2.45, 2.75) is 25.4 Å². The lowest BCUT2D eigenvalue weighted by atomic mass is 9.75. The average Bonchev–Trinajstić information content (AvgIpc) is 3.09. The Hall–Kier alpha value is -1.93. The minimum Gasteiger partial charge on any atom is -0.389 e. The molecule has 26 heavy (non-hydrogen) atoms. The van der Waals surface area contributed by atoms with E-state index in [4.69, 9.17) is 0 Å². The zero-order valence-corrected chi connectivity index (χ0v) is 16.2. The number of urea groups is 1. The Morgan fingerprint density at radius 2 is 1.69 bits per heavy atom. The van der Waals surface area contributed by atoms with Crippen LogP contribution >= 0.6 is 11.3 Å². The predicted octanol–water partition coefficient (Wildman–Crippen LogP) is 1.53. The lowest BCUT2D eigenvalue weighted by Crippen LogP contribution is -2.62. The van der Waals surface area contributed by atoms with Gasteiger partial charge in [-0.3, -0.25) is 9.59 Å². The van der Waals surface area contributed by atoms with E-state index in [1.807, 2.05) is 0 Å². The van der Waals surface area contributed by atoms with E-state index in [9.17, 15) is 19.5 Å². The zero-order chi connectivity index (χ0) is 19.1. The van der Waals surface area contributed by atoms with Crippen LogP contribution in [0.4, 0.5) is 4.79 Å². The summed E-state index contributed by atoms with van der Waals surface area (Å²) in [7, 11) is 3.42. The van der Waals surface area contributed by atoms with Crippen LogP contribution in [0.1, 0.15) is 39.1 Å². The molecule has 0 bridgehead atoms. The molecule has 1 N–H and O–H groups in total. The first-order valence-corrected chi connectivity index (χ1v) is 9.61. The molecule has 2 aliphatic heterocycles. The minimum atomic E-state index is -0.820. The van der Waals surface area contributed by atoms with E-state index in [1.54, 1.807) is 36.0 Å². The quantitative estimate of drug-likeness (QED) is 0.790. The summed E-state index contributed by atoms with van der Waals surface area (Å²) in [4.78, 5) is 42.6. The molecule has 142 valence electrons. The molecule has 2 aliphatic rings. The molecule has 7 nitrogen and oxygen atoms in total. The summed E-state index contributed by atoms with van der Waals surface area (Å²) in [5, 5.41) is 10.9. The van der Waals surface area contributed by atoms with Crippen LogP contribution in [-0.2, 0) is 0 Å². The number of hydrogen-bond donors (Lipinski definition) is 1. The van der Waals surface area contributed by atoms with Crippen molar-refractivity contribution < 1.29 is 19.5 Å². The van der Waals surface area contributed by atoms with E-state index in [0.717, 1.165) is 0 Å². The second-order valence-corrected chi connectivity index (χ2v) is 8.48. The highest BCUT2D eigenvalue weighted by Crippen LogP contribution is 2.36. The number of hydrogen-bond acceptors (Lipinski definition) is 5. The maximum absolute atomic E-state index is 12.8. The first-order chi connectivity index (χ1) is 12.2. The van der Waals surface area contributed by atoms with Crippen LogP contribution in [0.3, 0.4) is 0 Å². The Morgan fingerprint density at radius 1 is 1.12 bits per heavy atom. The molecular weight excluding hydrogens is 354 g/mol. The second-order valence-electron chi connectivity index (χ2n) is 7.39. The summed E-state index contributed by atoms with van der Waals surface area (Å²) in [6.07, 6.45) is 1.05. The molecule has 3 rings (SSSR count). The fourth-order valence-corrected chi connectivity index (χ4v) is 4.61. The van der Waals surface area contributed by atoms with Crippen LogP contribution in [0.2, 0.25) is 0 Å². The van der Waals surface area contributed by atoms with Crippen LogP contribution in [0, 0.1) is 5.92 Å². The van der Waals surface area contributed by atoms with Crippen LogP contribution in [0.15, 0.2) is 12.1 Å². The maximum Gasteiger partial charge on any atom is 0.319 e. The average molecular weight is 379 g/mol. The number of piperidine rings is 2. The fraction of sp³-hybridized carbons (Fsp3) is 0.611. The van der Waals surface area contributed by atoms with Crippen molar-refractivity contribution in [3.8, 4) is 0 Å². The number of ketones is 1. The molecule has 3 heterocycles. The van der Waals surface area contributed by atoms with Gasteiger partial charge in [-0.05, 0) is 31.9 Å². The SMILES string of the molecule is CC(=O)c1ccc(C(=O)N2CC[C@@]3(O)CCN(C(=O)N(C)C)C[C@H]3C2)s1. The van der Waals surface area contributed by atoms with Crippen molar-refractivity contribution in [1.29, 1.82) is 0 Å². The summed E-state index contributed by atoms with van der Waals surface area (Å²) >= 11 is 1.21. The number of carbonyl (C=O) groups is 3. The van der Waals surface area contributed by atoms with Gasteiger partial charge in [-0.2, -0.15) is 0 Å². The van der Waals surface area contributed by atoms with E-state index < -0.39 is 5.60 Å². The first-order valence-electron chi connectivity index (χ1n) is 8.80. The van der Waals surface area contributed by atoms with Crippen molar-refractivity contribution in [3.05, 3.63) is 21.9 Å². The van der Waals surface area contributed by atoms with E-state index in [-0.39, 0.29) is 23.6 Å². The highest BCUT2D eigenvalue weighted by Gasteiger charge is 2.47. The highest BCUT2D eigenvalue weighted by molar-refractivity contribution is 7.15. The summed E-state index contributed by atoms with van der Waals surface area (Å²) in [6, 6.07) is 3.30. The summed E-state index contributed by atoms with van der Waals surface area (Å²) < 4.78 is 0.